The van der Waals surface area contributed by atoms with Crippen molar-refractivity contribution in [3.63, 3.8) is 0 Å². The summed E-state index contributed by atoms with van der Waals surface area (Å²) in [5.74, 6) is -0.750. The van der Waals surface area contributed by atoms with E-state index in [-0.39, 0.29) is 28.4 Å². The van der Waals surface area contributed by atoms with E-state index in [0.29, 0.717) is 24.2 Å². The van der Waals surface area contributed by atoms with Crippen LogP contribution in [0.3, 0.4) is 0 Å². The lowest BCUT2D eigenvalue weighted by Gasteiger charge is -2.19. The Kier molecular flexibility index (Phi) is 5.64. The number of aliphatic imine (C=N–C) groups is 2. The van der Waals surface area contributed by atoms with E-state index >= 15 is 0 Å². The Balaban J connectivity index is 1.97. The zero-order valence-electron chi connectivity index (χ0n) is 14.2. The van der Waals surface area contributed by atoms with Gasteiger partial charge in [-0.05, 0) is 24.3 Å². The highest BCUT2D eigenvalue weighted by Crippen LogP contribution is 2.28. The van der Waals surface area contributed by atoms with Gasteiger partial charge in [0.05, 0.1) is 0 Å². The maximum Gasteiger partial charge on any atom is 0.166 e. The maximum atomic E-state index is 9.73. The van der Waals surface area contributed by atoms with Crippen molar-refractivity contribution in [3.05, 3.63) is 47.5 Å². The largest absolute Gasteiger partial charge is 0.504 e. The van der Waals surface area contributed by atoms with Crippen LogP contribution >= 0.6 is 0 Å². The average Bonchev–Trinajstić information content (AvgIpc) is 2.55. The Morgan fingerprint density at radius 1 is 0.760 bits per heavy atom. The minimum absolute atomic E-state index is 0.182. The van der Waals surface area contributed by atoms with Crippen molar-refractivity contribution in [1.82, 2.24) is 0 Å². The molecule has 2 aromatic carbocycles. The topological polar surface area (TPSA) is 106 Å². The lowest BCUT2D eigenvalue weighted by atomic mass is 9.94. The van der Waals surface area contributed by atoms with Crippen molar-refractivity contribution >= 4 is 12.4 Å². The molecule has 4 N–H and O–H groups in total. The van der Waals surface area contributed by atoms with Crippen molar-refractivity contribution in [2.45, 2.75) is 13.8 Å². The third-order valence-electron chi connectivity index (χ3n) is 3.59. The maximum absolute atomic E-state index is 9.73. The first kappa shape index (κ1) is 18.3. The van der Waals surface area contributed by atoms with Gasteiger partial charge in [-0.2, -0.15) is 0 Å². The number of rotatable bonds is 6. The fourth-order valence-electron chi connectivity index (χ4n) is 2.14. The van der Waals surface area contributed by atoms with E-state index in [1.165, 1.54) is 24.6 Å². The fraction of sp³-hybridized carbons (Fsp3) is 0.263. The van der Waals surface area contributed by atoms with E-state index in [2.05, 4.69) is 9.98 Å². The molecule has 0 atom stereocenters. The molecule has 2 aromatic rings. The third-order valence-corrected chi connectivity index (χ3v) is 3.59. The molecular formula is C19H22N2O4. The molecule has 0 spiro atoms. The highest BCUT2D eigenvalue weighted by Gasteiger charge is 2.16. The van der Waals surface area contributed by atoms with Crippen LogP contribution in [0.25, 0.3) is 0 Å². The molecule has 0 aliphatic carbocycles. The highest BCUT2D eigenvalue weighted by molar-refractivity contribution is 5.85. The number of hydrogen-bond acceptors (Lipinski definition) is 6. The molecule has 6 heteroatoms. The van der Waals surface area contributed by atoms with Crippen LogP contribution in [-0.2, 0) is 0 Å². The quantitative estimate of drug-likeness (QED) is 0.478. The number of nitrogens with zero attached hydrogens (tertiary/aromatic N) is 2. The van der Waals surface area contributed by atoms with Gasteiger partial charge in [-0.3, -0.25) is 9.98 Å². The number of phenols is 4. The lowest BCUT2D eigenvalue weighted by molar-refractivity contribution is 0.395. The van der Waals surface area contributed by atoms with Crippen LogP contribution in [0.15, 0.2) is 46.4 Å². The van der Waals surface area contributed by atoms with Gasteiger partial charge in [-0.25, -0.2) is 0 Å². The molecule has 0 aromatic heterocycles. The first-order valence-corrected chi connectivity index (χ1v) is 7.82. The molecule has 6 nitrogen and oxygen atoms in total. The van der Waals surface area contributed by atoms with Crippen molar-refractivity contribution in [1.29, 1.82) is 0 Å². The standard InChI is InChI=1S/C19H22N2O4/c1-19(2,11-20-9-13-5-3-7-15(22)17(13)24)12-21-10-14-6-4-8-16(23)18(14)25/h3-10,22-25H,11-12H2,1-2H3. The molecular weight excluding hydrogens is 320 g/mol. The van der Waals surface area contributed by atoms with Gasteiger partial charge >= 0.3 is 0 Å². The Bertz CT molecular complexity index is 733. The van der Waals surface area contributed by atoms with Gasteiger partial charge in [-0.15, -0.1) is 0 Å². The van der Waals surface area contributed by atoms with Gasteiger partial charge in [0.25, 0.3) is 0 Å². The van der Waals surface area contributed by atoms with Crippen LogP contribution in [0.1, 0.15) is 25.0 Å². The fourth-order valence-corrected chi connectivity index (χ4v) is 2.14. The summed E-state index contributed by atoms with van der Waals surface area (Å²) in [4.78, 5) is 8.63. The van der Waals surface area contributed by atoms with E-state index in [1.54, 1.807) is 24.3 Å². The van der Waals surface area contributed by atoms with E-state index in [1.807, 2.05) is 13.8 Å². The molecule has 0 radical (unpaired) electrons. The lowest BCUT2D eigenvalue weighted by Crippen LogP contribution is -2.19. The summed E-state index contributed by atoms with van der Waals surface area (Å²) in [5, 5.41) is 38.4. The van der Waals surface area contributed by atoms with Crippen molar-refractivity contribution < 1.29 is 20.4 Å². The molecule has 25 heavy (non-hydrogen) atoms. The van der Waals surface area contributed by atoms with Crippen LogP contribution in [0.2, 0.25) is 0 Å². The Hall–Kier alpha value is -3.02. The Morgan fingerprint density at radius 2 is 1.16 bits per heavy atom. The smallest absolute Gasteiger partial charge is 0.166 e. The average molecular weight is 342 g/mol. The summed E-state index contributed by atoms with van der Waals surface area (Å²) in [7, 11) is 0. The van der Waals surface area contributed by atoms with Crippen LogP contribution < -0.4 is 0 Å². The summed E-state index contributed by atoms with van der Waals surface area (Å²) in [6.45, 7) is 4.91. The summed E-state index contributed by atoms with van der Waals surface area (Å²) in [5.41, 5.74) is 0.652. The molecule has 0 saturated carbocycles. The Morgan fingerprint density at radius 3 is 1.56 bits per heavy atom. The second-order valence-corrected chi connectivity index (χ2v) is 6.53. The summed E-state index contributed by atoms with van der Waals surface area (Å²) in [6.07, 6.45) is 3.03. The normalized spacial score (nSPS) is 12.2. The minimum atomic E-state index is -0.244. The molecule has 0 aliphatic heterocycles. The second kappa shape index (κ2) is 7.70. The van der Waals surface area contributed by atoms with Gasteiger partial charge < -0.3 is 20.4 Å². The summed E-state index contributed by atoms with van der Waals surface area (Å²) >= 11 is 0. The van der Waals surface area contributed by atoms with Gasteiger partial charge in [0.15, 0.2) is 23.0 Å². The molecule has 0 unspecified atom stereocenters. The van der Waals surface area contributed by atoms with E-state index in [0.717, 1.165) is 0 Å². The monoisotopic (exact) mass is 342 g/mol. The van der Waals surface area contributed by atoms with Crippen LogP contribution in [-0.4, -0.2) is 45.9 Å². The van der Waals surface area contributed by atoms with Gasteiger partial charge in [-0.1, -0.05) is 26.0 Å². The molecule has 2 rings (SSSR count). The zero-order valence-corrected chi connectivity index (χ0v) is 14.2. The number of benzene rings is 2. The van der Waals surface area contributed by atoms with Crippen molar-refractivity contribution in [3.8, 4) is 23.0 Å². The molecule has 132 valence electrons. The third kappa shape index (κ3) is 4.97. The van der Waals surface area contributed by atoms with Crippen molar-refractivity contribution in [2.75, 3.05) is 13.1 Å². The summed E-state index contributed by atoms with van der Waals surface area (Å²) in [6, 6.07) is 9.40. The van der Waals surface area contributed by atoms with Crippen LogP contribution in [0.4, 0.5) is 0 Å². The first-order valence-electron chi connectivity index (χ1n) is 7.82. The minimum Gasteiger partial charge on any atom is -0.504 e. The molecule has 0 saturated heterocycles. The van der Waals surface area contributed by atoms with Gasteiger partial charge in [0.1, 0.15) is 0 Å². The van der Waals surface area contributed by atoms with E-state index in [4.69, 9.17) is 0 Å². The molecule has 0 amide bonds. The SMILES string of the molecule is CC(C)(CN=Cc1cccc(O)c1O)CN=Cc1cccc(O)c1O. The zero-order chi connectivity index (χ0) is 18.4. The van der Waals surface area contributed by atoms with Gasteiger partial charge in [0.2, 0.25) is 0 Å². The number of aromatic hydroxyl groups is 4. The van der Waals surface area contributed by atoms with E-state index in [9.17, 15) is 20.4 Å². The predicted octanol–water partition coefficient (Wildman–Crippen LogP) is 3.07. The van der Waals surface area contributed by atoms with Crippen LogP contribution in [0.5, 0.6) is 23.0 Å². The molecule has 0 bridgehead atoms. The first-order chi connectivity index (χ1) is 11.8. The van der Waals surface area contributed by atoms with Crippen molar-refractivity contribution in [2.24, 2.45) is 15.4 Å². The highest BCUT2D eigenvalue weighted by atomic mass is 16.3. The molecule has 0 aliphatic rings. The van der Waals surface area contributed by atoms with Gasteiger partial charge in [0, 0.05) is 42.1 Å². The number of hydrogen-bond donors (Lipinski definition) is 4. The predicted molar refractivity (Wildman–Crippen MR) is 98.2 cm³/mol. The van der Waals surface area contributed by atoms with Crippen LogP contribution in [0, 0.1) is 5.41 Å². The molecule has 0 fully saturated rings. The Labute approximate surface area is 146 Å². The van der Waals surface area contributed by atoms with E-state index < -0.39 is 0 Å². The number of para-hydroxylation sites is 2. The second-order valence-electron chi connectivity index (χ2n) is 6.53. The molecule has 0 heterocycles. The number of phenolic OH excluding ortho intramolecular Hbond substituents is 4. The summed E-state index contributed by atoms with van der Waals surface area (Å²) < 4.78 is 0.